The van der Waals surface area contributed by atoms with Gasteiger partial charge < -0.3 is 15.2 Å². The van der Waals surface area contributed by atoms with E-state index in [4.69, 9.17) is 15.2 Å². The molecule has 0 spiro atoms. The maximum absolute atomic E-state index is 11.8. The first kappa shape index (κ1) is 14.6. The molecule has 2 N–H and O–H groups in total. The number of nitrogens with two attached hydrogens (primary N) is 1. The van der Waals surface area contributed by atoms with Crippen LogP contribution < -0.4 is 10.5 Å². The molecule has 0 fully saturated rings. The van der Waals surface area contributed by atoms with Crippen molar-refractivity contribution < 1.29 is 14.3 Å². The number of rotatable bonds is 4. The van der Waals surface area contributed by atoms with Gasteiger partial charge >= 0.3 is 5.97 Å². The lowest BCUT2D eigenvalue weighted by Crippen LogP contribution is -2.08. The van der Waals surface area contributed by atoms with Gasteiger partial charge in [-0.25, -0.2) is 4.79 Å². The van der Waals surface area contributed by atoms with Crippen LogP contribution in [0.1, 0.15) is 17.3 Å². The van der Waals surface area contributed by atoms with Gasteiger partial charge in [0.05, 0.1) is 12.2 Å². The Kier molecular flexibility index (Phi) is 4.84. The fraction of sp³-hybridized carbons (Fsp3) is 0.133. The predicted molar refractivity (Wildman–Crippen MR) is 86.0 cm³/mol. The Labute approximate surface area is 131 Å². The summed E-state index contributed by atoms with van der Waals surface area (Å²) in [5.41, 5.74) is 6.47. The zero-order valence-corrected chi connectivity index (χ0v) is 13.1. The van der Waals surface area contributed by atoms with E-state index in [0.29, 0.717) is 29.4 Å². The van der Waals surface area contributed by atoms with E-state index >= 15 is 0 Å². The van der Waals surface area contributed by atoms with Crippen molar-refractivity contribution in [2.24, 2.45) is 0 Å². The Bertz CT molecular complexity index is 628. The van der Waals surface area contributed by atoms with E-state index in [0.717, 1.165) is 3.57 Å². The van der Waals surface area contributed by atoms with Crippen molar-refractivity contribution in [2.45, 2.75) is 6.92 Å². The largest absolute Gasteiger partial charge is 0.462 e. The van der Waals surface area contributed by atoms with Gasteiger partial charge in [-0.05, 0) is 65.9 Å². The lowest BCUT2D eigenvalue weighted by Gasteiger charge is -2.09. The van der Waals surface area contributed by atoms with Crippen molar-refractivity contribution in [1.82, 2.24) is 0 Å². The molecule has 0 atom stereocenters. The number of ether oxygens (including phenoxy) is 2. The van der Waals surface area contributed by atoms with Gasteiger partial charge in [0.25, 0.3) is 0 Å². The van der Waals surface area contributed by atoms with Crippen LogP contribution in [0.5, 0.6) is 11.5 Å². The Balaban J connectivity index is 2.25. The SMILES string of the molecule is CCOC(=O)c1cc(Oc2cccc(I)c2)ccc1N. The van der Waals surface area contributed by atoms with Crippen molar-refractivity contribution in [3.05, 3.63) is 51.6 Å². The molecule has 0 aliphatic carbocycles. The standard InChI is InChI=1S/C15H14INO3/c1-2-19-15(18)13-9-12(6-7-14(13)17)20-11-5-3-4-10(16)8-11/h3-9H,2,17H2,1H3. The van der Waals surface area contributed by atoms with Crippen molar-refractivity contribution in [3.63, 3.8) is 0 Å². The van der Waals surface area contributed by atoms with E-state index in [1.165, 1.54) is 0 Å². The van der Waals surface area contributed by atoms with Crippen molar-refractivity contribution in [2.75, 3.05) is 12.3 Å². The molecule has 0 unspecified atom stereocenters. The van der Waals surface area contributed by atoms with Crippen molar-refractivity contribution in [3.8, 4) is 11.5 Å². The Morgan fingerprint density at radius 1 is 1.20 bits per heavy atom. The van der Waals surface area contributed by atoms with Gasteiger partial charge in [-0.1, -0.05) is 6.07 Å². The highest BCUT2D eigenvalue weighted by Gasteiger charge is 2.12. The van der Waals surface area contributed by atoms with Crippen LogP contribution in [0.3, 0.4) is 0 Å². The number of hydrogen-bond donors (Lipinski definition) is 1. The van der Waals surface area contributed by atoms with E-state index < -0.39 is 5.97 Å². The third-order valence-corrected chi connectivity index (χ3v) is 3.22. The van der Waals surface area contributed by atoms with Gasteiger partial charge in [-0.3, -0.25) is 0 Å². The summed E-state index contributed by atoms with van der Waals surface area (Å²) in [5.74, 6) is 0.804. The number of halogens is 1. The number of hydrogen-bond acceptors (Lipinski definition) is 4. The molecule has 0 aliphatic heterocycles. The molecule has 0 bridgehead atoms. The van der Waals surface area contributed by atoms with Crippen LogP contribution in [0, 0.1) is 3.57 Å². The number of esters is 1. The molecule has 0 radical (unpaired) electrons. The van der Waals surface area contributed by atoms with Crippen LogP contribution in [-0.4, -0.2) is 12.6 Å². The van der Waals surface area contributed by atoms with Gasteiger partial charge in [0.15, 0.2) is 0 Å². The monoisotopic (exact) mass is 383 g/mol. The molecule has 0 amide bonds. The third kappa shape index (κ3) is 3.63. The summed E-state index contributed by atoms with van der Waals surface area (Å²) in [7, 11) is 0. The zero-order chi connectivity index (χ0) is 14.5. The average Bonchev–Trinajstić information content (AvgIpc) is 2.41. The summed E-state index contributed by atoms with van der Waals surface area (Å²) in [5, 5.41) is 0. The number of anilines is 1. The molecule has 0 saturated carbocycles. The van der Waals surface area contributed by atoms with Crippen LogP contribution in [0.25, 0.3) is 0 Å². The third-order valence-electron chi connectivity index (χ3n) is 2.55. The van der Waals surface area contributed by atoms with Gasteiger partial charge in [0, 0.05) is 9.26 Å². The van der Waals surface area contributed by atoms with Crippen molar-refractivity contribution >= 4 is 34.2 Å². The van der Waals surface area contributed by atoms with E-state index in [-0.39, 0.29) is 0 Å². The first-order valence-corrected chi connectivity index (χ1v) is 7.18. The second-order valence-electron chi connectivity index (χ2n) is 4.03. The molecule has 0 saturated heterocycles. The molecule has 0 aromatic heterocycles. The van der Waals surface area contributed by atoms with Crippen LogP contribution in [0.15, 0.2) is 42.5 Å². The lowest BCUT2D eigenvalue weighted by atomic mass is 10.1. The zero-order valence-electron chi connectivity index (χ0n) is 10.9. The first-order valence-electron chi connectivity index (χ1n) is 6.10. The topological polar surface area (TPSA) is 61.5 Å². The minimum Gasteiger partial charge on any atom is -0.462 e. The van der Waals surface area contributed by atoms with Crippen LogP contribution in [0.2, 0.25) is 0 Å². The summed E-state index contributed by atoms with van der Waals surface area (Å²) >= 11 is 2.21. The molecule has 4 nitrogen and oxygen atoms in total. The molecule has 0 heterocycles. The highest BCUT2D eigenvalue weighted by atomic mass is 127. The number of nitrogen functional groups attached to an aromatic ring is 1. The summed E-state index contributed by atoms with van der Waals surface area (Å²) in [6.45, 7) is 2.06. The normalized spacial score (nSPS) is 10.1. The molecule has 104 valence electrons. The lowest BCUT2D eigenvalue weighted by molar-refractivity contribution is 0.0527. The summed E-state index contributed by atoms with van der Waals surface area (Å²) < 4.78 is 11.7. The van der Waals surface area contributed by atoms with Crippen LogP contribution >= 0.6 is 22.6 Å². The van der Waals surface area contributed by atoms with Crippen LogP contribution in [-0.2, 0) is 4.74 Å². The molecular formula is C15H14INO3. The number of carbonyl (C=O) groups excluding carboxylic acids is 1. The Hall–Kier alpha value is -1.76. The van der Waals surface area contributed by atoms with E-state index in [1.807, 2.05) is 24.3 Å². The van der Waals surface area contributed by atoms with Gasteiger partial charge in [0.1, 0.15) is 11.5 Å². The molecule has 0 aliphatic rings. The predicted octanol–water partition coefficient (Wildman–Crippen LogP) is 3.84. The van der Waals surface area contributed by atoms with E-state index in [2.05, 4.69) is 22.6 Å². The van der Waals surface area contributed by atoms with E-state index in [9.17, 15) is 4.79 Å². The first-order chi connectivity index (χ1) is 9.60. The summed E-state index contributed by atoms with van der Waals surface area (Å²) in [6, 6.07) is 12.6. The molecule has 2 rings (SSSR count). The highest BCUT2D eigenvalue weighted by Crippen LogP contribution is 2.26. The fourth-order valence-corrected chi connectivity index (χ4v) is 2.17. The molecule has 5 heteroatoms. The number of carbonyl (C=O) groups is 1. The second-order valence-corrected chi connectivity index (χ2v) is 5.27. The van der Waals surface area contributed by atoms with Gasteiger partial charge in [-0.2, -0.15) is 0 Å². The summed E-state index contributed by atoms with van der Waals surface area (Å²) in [6.07, 6.45) is 0. The summed E-state index contributed by atoms with van der Waals surface area (Å²) in [4.78, 5) is 11.8. The minimum atomic E-state index is -0.446. The fourth-order valence-electron chi connectivity index (χ4n) is 1.65. The molecule has 2 aromatic rings. The molecule has 20 heavy (non-hydrogen) atoms. The molecular weight excluding hydrogens is 369 g/mol. The molecule has 2 aromatic carbocycles. The number of benzene rings is 2. The Morgan fingerprint density at radius 3 is 2.65 bits per heavy atom. The maximum Gasteiger partial charge on any atom is 0.340 e. The van der Waals surface area contributed by atoms with Crippen LogP contribution in [0.4, 0.5) is 5.69 Å². The average molecular weight is 383 g/mol. The van der Waals surface area contributed by atoms with E-state index in [1.54, 1.807) is 25.1 Å². The minimum absolute atomic E-state index is 0.306. The van der Waals surface area contributed by atoms with Gasteiger partial charge in [-0.15, -0.1) is 0 Å². The quantitative estimate of drug-likeness (QED) is 0.495. The van der Waals surface area contributed by atoms with Crippen molar-refractivity contribution in [1.29, 1.82) is 0 Å². The highest BCUT2D eigenvalue weighted by molar-refractivity contribution is 14.1. The Morgan fingerprint density at radius 2 is 1.95 bits per heavy atom. The maximum atomic E-state index is 11.8. The second kappa shape index (κ2) is 6.60. The smallest absolute Gasteiger partial charge is 0.340 e. The van der Waals surface area contributed by atoms with Gasteiger partial charge in [0.2, 0.25) is 0 Å².